The van der Waals surface area contributed by atoms with Crippen LogP contribution < -0.4 is 10.6 Å². The van der Waals surface area contributed by atoms with Crippen molar-refractivity contribution in [2.75, 3.05) is 10.6 Å². The van der Waals surface area contributed by atoms with Crippen LogP contribution in [-0.2, 0) is 0 Å². The molecule has 1 aromatic heterocycles. The number of para-hydroxylation sites is 1. The number of anilines is 2. The highest BCUT2D eigenvalue weighted by atomic mass is 35.5. The van der Waals surface area contributed by atoms with E-state index in [2.05, 4.69) is 15.6 Å². The molecular weight excluding hydrogens is 238 g/mol. The van der Waals surface area contributed by atoms with Crippen molar-refractivity contribution in [1.29, 1.82) is 0 Å². The van der Waals surface area contributed by atoms with Gasteiger partial charge in [-0.05, 0) is 24.2 Å². The van der Waals surface area contributed by atoms with Crippen LogP contribution in [0.3, 0.4) is 0 Å². The van der Waals surface area contributed by atoms with E-state index in [0.717, 1.165) is 0 Å². The van der Waals surface area contributed by atoms with Crippen molar-refractivity contribution in [3.8, 4) is 0 Å². The van der Waals surface area contributed by atoms with Gasteiger partial charge in [0.05, 0.1) is 6.85 Å². The Morgan fingerprint density at radius 2 is 1.94 bits per heavy atom. The average Bonchev–Trinajstić information content (AvgIpc) is 2.47. The highest BCUT2D eigenvalue weighted by Gasteiger charge is 2.02. The summed E-state index contributed by atoms with van der Waals surface area (Å²) in [7, 11) is 0. The lowest BCUT2D eigenvalue weighted by Gasteiger charge is -2.07. The highest BCUT2D eigenvalue weighted by molar-refractivity contribution is 6.29. The summed E-state index contributed by atoms with van der Waals surface area (Å²) in [5, 5.41) is 4.85. The lowest BCUT2D eigenvalue weighted by molar-refractivity contribution is 0.262. The van der Waals surface area contributed by atoms with Crippen molar-refractivity contribution in [3.05, 3.63) is 53.7 Å². The predicted octanol–water partition coefficient (Wildman–Crippen LogP) is 3.38. The maximum Gasteiger partial charge on any atom is 0.323 e. The second-order valence-corrected chi connectivity index (χ2v) is 3.33. The first-order valence-electron chi connectivity index (χ1n) is 7.07. The van der Waals surface area contributed by atoms with E-state index in [1.165, 1.54) is 18.3 Å². The van der Waals surface area contributed by atoms with E-state index in [0.29, 0.717) is 5.69 Å². The summed E-state index contributed by atoms with van der Waals surface area (Å²) in [5.41, 5.74) is 0.0496. The number of nitrogens with zero attached hydrogens (tertiary/aromatic N) is 1. The molecule has 0 unspecified atom stereocenters. The smallest absolute Gasteiger partial charge is 0.308 e. The Morgan fingerprint density at radius 3 is 2.65 bits per heavy atom. The number of urea groups is 1. The van der Waals surface area contributed by atoms with Crippen LogP contribution in [-0.4, -0.2) is 11.0 Å². The number of aromatic nitrogens is 1. The number of benzene rings is 1. The fraction of sp³-hybridized carbons (Fsp3) is 0. The van der Waals surface area contributed by atoms with Crippen LogP contribution >= 0.6 is 11.6 Å². The quantitative estimate of drug-likeness (QED) is 0.805. The summed E-state index contributed by atoms with van der Waals surface area (Å²) in [6.45, 7) is 0. The second-order valence-electron chi connectivity index (χ2n) is 2.95. The molecule has 17 heavy (non-hydrogen) atoms. The van der Waals surface area contributed by atoms with E-state index in [9.17, 15) is 4.79 Å². The zero-order valence-electron chi connectivity index (χ0n) is 13.5. The monoisotopic (exact) mass is 252 g/mol. The number of amides is 2. The molecule has 0 radical (unpaired) electrons. The Bertz CT molecular complexity index is 727. The third-order valence-electron chi connectivity index (χ3n) is 1.72. The largest absolute Gasteiger partial charge is 0.323 e. The van der Waals surface area contributed by atoms with Crippen molar-refractivity contribution in [3.63, 3.8) is 0 Å². The minimum atomic E-state index is -0.763. The zero-order valence-corrected chi connectivity index (χ0v) is 9.22. The third kappa shape index (κ3) is 3.46. The predicted molar refractivity (Wildman–Crippen MR) is 68.3 cm³/mol. The molecule has 2 amide bonds. The van der Waals surface area contributed by atoms with Gasteiger partial charge in [0, 0.05) is 17.6 Å². The third-order valence-corrected chi connectivity index (χ3v) is 1.93. The zero-order chi connectivity index (χ0) is 16.4. The van der Waals surface area contributed by atoms with Crippen molar-refractivity contribution >= 4 is 29.0 Å². The van der Waals surface area contributed by atoms with Crippen LogP contribution in [0, 0.1) is 0 Å². The molecule has 0 bridgehead atoms. The minimum Gasteiger partial charge on any atom is -0.308 e. The maximum atomic E-state index is 11.9. The molecule has 0 fully saturated rings. The van der Waals surface area contributed by atoms with Gasteiger partial charge < -0.3 is 10.6 Å². The minimum absolute atomic E-state index is 0.181. The SMILES string of the molecule is [2H]c1c([2H])c([2H])c(NC(=O)Nc2ccnc(Cl)c2)c([2H])c1[2H]. The molecule has 0 spiro atoms. The summed E-state index contributed by atoms with van der Waals surface area (Å²) < 4.78 is 37.9. The van der Waals surface area contributed by atoms with Gasteiger partial charge in [0.2, 0.25) is 0 Å². The molecule has 0 aliphatic heterocycles. The van der Waals surface area contributed by atoms with Crippen LogP contribution in [0.25, 0.3) is 0 Å². The van der Waals surface area contributed by atoms with Crippen LogP contribution in [0.4, 0.5) is 16.2 Å². The van der Waals surface area contributed by atoms with Crippen molar-refractivity contribution < 1.29 is 11.6 Å². The lowest BCUT2D eigenvalue weighted by Crippen LogP contribution is -2.19. The van der Waals surface area contributed by atoms with Gasteiger partial charge in [-0.2, -0.15) is 0 Å². The fourth-order valence-electron chi connectivity index (χ4n) is 1.07. The summed E-state index contributed by atoms with van der Waals surface area (Å²) >= 11 is 5.68. The first-order valence-corrected chi connectivity index (χ1v) is 4.95. The van der Waals surface area contributed by atoms with Crippen LogP contribution in [0.1, 0.15) is 6.85 Å². The Balaban J connectivity index is 2.26. The molecule has 2 aromatic rings. The summed E-state index contributed by atoms with van der Waals surface area (Å²) in [4.78, 5) is 15.6. The molecule has 2 rings (SSSR count). The first-order chi connectivity index (χ1) is 10.3. The molecule has 0 saturated heterocycles. The van der Waals surface area contributed by atoms with E-state index in [-0.39, 0.29) is 10.8 Å². The van der Waals surface area contributed by atoms with Gasteiger partial charge in [0.25, 0.3) is 0 Å². The lowest BCUT2D eigenvalue weighted by atomic mass is 10.3. The number of nitrogens with one attached hydrogen (secondary N) is 2. The van der Waals surface area contributed by atoms with Crippen LogP contribution in [0.2, 0.25) is 5.15 Å². The molecule has 0 saturated carbocycles. The highest BCUT2D eigenvalue weighted by Crippen LogP contribution is 2.12. The Labute approximate surface area is 111 Å². The van der Waals surface area contributed by atoms with E-state index in [4.69, 9.17) is 18.5 Å². The number of pyridine rings is 1. The van der Waals surface area contributed by atoms with Crippen LogP contribution in [0.5, 0.6) is 0 Å². The van der Waals surface area contributed by atoms with E-state index in [1.807, 2.05) is 0 Å². The van der Waals surface area contributed by atoms with E-state index < -0.39 is 36.2 Å². The van der Waals surface area contributed by atoms with Crippen molar-refractivity contribution in [2.24, 2.45) is 0 Å². The Kier molecular flexibility index (Phi) is 2.07. The molecule has 0 aliphatic carbocycles. The summed E-state index contributed by atoms with van der Waals surface area (Å²) in [6.07, 6.45) is 1.39. The van der Waals surface area contributed by atoms with Gasteiger partial charge in [0.15, 0.2) is 0 Å². The van der Waals surface area contributed by atoms with Crippen molar-refractivity contribution in [2.45, 2.75) is 0 Å². The molecule has 86 valence electrons. The fourth-order valence-corrected chi connectivity index (χ4v) is 1.24. The van der Waals surface area contributed by atoms with Gasteiger partial charge in [-0.3, -0.25) is 0 Å². The molecule has 1 aromatic carbocycles. The van der Waals surface area contributed by atoms with Gasteiger partial charge in [-0.15, -0.1) is 0 Å². The average molecular weight is 253 g/mol. The number of carbonyl (C=O) groups excluding carboxylic acids is 1. The molecule has 1 heterocycles. The van der Waals surface area contributed by atoms with Gasteiger partial charge in [-0.25, -0.2) is 9.78 Å². The molecule has 4 nitrogen and oxygen atoms in total. The molecular formula is C12H10ClN3O. The second kappa shape index (κ2) is 5.32. The van der Waals surface area contributed by atoms with E-state index in [1.54, 1.807) is 0 Å². The summed E-state index contributed by atoms with van der Waals surface area (Å²) in [6, 6.07) is -0.423. The van der Waals surface area contributed by atoms with Gasteiger partial charge in [0.1, 0.15) is 5.15 Å². The molecule has 5 heteroatoms. The Morgan fingerprint density at radius 1 is 1.24 bits per heavy atom. The number of hydrogen-bond acceptors (Lipinski definition) is 2. The summed E-state index contributed by atoms with van der Waals surface area (Å²) in [5.74, 6) is 0. The van der Waals surface area contributed by atoms with Crippen molar-refractivity contribution in [1.82, 2.24) is 4.98 Å². The van der Waals surface area contributed by atoms with Gasteiger partial charge in [-0.1, -0.05) is 29.7 Å². The normalized spacial score (nSPS) is 13.8. The number of rotatable bonds is 2. The van der Waals surface area contributed by atoms with Gasteiger partial charge >= 0.3 is 6.03 Å². The van der Waals surface area contributed by atoms with Crippen LogP contribution in [0.15, 0.2) is 48.5 Å². The topological polar surface area (TPSA) is 54.0 Å². The number of hydrogen-bond donors (Lipinski definition) is 2. The Hall–Kier alpha value is -2.07. The standard InChI is InChI=1S/C12H10ClN3O/c13-11-8-10(6-7-14-11)16-12(17)15-9-4-2-1-3-5-9/h1-8H,(H2,14,15,16,17)/i1D,2D,3D,4D,5D. The first kappa shape index (κ1) is 6.61. The molecule has 0 atom stereocenters. The number of halogens is 1. The molecule has 2 N–H and O–H groups in total. The molecule has 0 aliphatic rings. The maximum absolute atomic E-state index is 11.9. The van der Waals surface area contributed by atoms with E-state index >= 15 is 0 Å². The number of carbonyl (C=O) groups is 1.